The summed E-state index contributed by atoms with van der Waals surface area (Å²) in [6.45, 7) is 4.70. The van der Waals surface area contributed by atoms with E-state index in [0.717, 1.165) is 94.8 Å². The molecule has 0 radical (unpaired) electrons. The number of fused-ring (bicyclic) bond motifs is 15. The van der Waals surface area contributed by atoms with Gasteiger partial charge in [0, 0.05) is 106 Å². The van der Waals surface area contributed by atoms with Crippen LogP contribution in [0.5, 0.6) is 0 Å². The number of furan rings is 2. The maximum atomic E-state index is 6.29. The second kappa shape index (κ2) is 24.8. The van der Waals surface area contributed by atoms with Crippen molar-refractivity contribution in [2.24, 2.45) is 0 Å². The van der Waals surface area contributed by atoms with Gasteiger partial charge in [-0.25, -0.2) is 0 Å². The van der Waals surface area contributed by atoms with E-state index in [2.05, 4.69) is 385 Å². The van der Waals surface area contributed by atoms with Crippen molar-refractivity contribution >= 4 is 122 Å². The Morgan fingerprint density at radius 2 is 0.590 bits per heavy atom. The molecule has 0 fully saturated rings. The Kier molecular flexibility index (Phi) is 14.5. The van der Waals surface area contributed by atoms with Crippen molar-refractivity contribution in [1.82, 2.24) is 9.13 Å². The Balaban J connectivity index is 0.000000139. The number of aromatic nitrogens is 2. The van der Waals surface area contributed by atoms with Gasteiger partial charge in [-0.1, -0.05) is 232 Å². The lowest BCUT2D eigenvalue weighted by molar-refractivity contribution is 0.660. The molecule has 0 atom stereocenters. The number of rotatable bonds is 11. The van der Waals surface area contributed by atoms with E-state index in [1.54, 1.807) is 0 Å². The van der Waals surface area contributed by atoms with E-state index < -0.39 is 0 Å². The van der Waals surface area contributed by atoms with E-state index in [1.807, 2.05) is 24.3 Å². The topological polar surface area (TPSA) is 42.6 Å². The molecule has 21 rings (SSSR count). The molecule has 4 aromatic heterocycles. The van der Waals surface area contributed by atoms with Crippen LogP contribution in [0, 0.1) is 0 Å². The smallest absolute Gasteiger partial charge is 0.137 e. The van der Waals surface area contributed by atoms with Crippen LogP contribution in [-0.4, -0.2) is 9.13 Å². The first-order valence-electron chi connectivity index (χ1n) is 36.0. The molecule has 0 bridgehead atoms. The Labute approximate surface area is 608 Å². The van der Waals surface area contributed by atoms with E-state index in [4.69, 9.17) is 8.83 Å². The fraction of sp³-hybridized carbons (Fsp3) is 0.0303. The van der Waals surface area contributed by atoms with Gasteiger partial charge in [0.05, 0.1) is 22.1 Å². The van der Waals surface area contributed by atoms with Gasteiger partial charge in [0.2, 0.25) is 0 Å². The zero-order chi connectivity index (χ0) is 69.7. The number of anilines is 6. The third kappa shape index (κ3) is 10.4. The molecule has 0 saturated heterocycles. The minimum atomic E-state index is -0.0864. The molecular formula is C99H68N4O2. The third-order valence-corrected chi connectivity index (χ3v) is 21.6. The molecule has 0 aliphatic heterocycles. The fourth-order valence-corrected chi connectivity index (χ4v) is 16.5. The number of hydrogen-bond donors (Lipinski definition) is 0. The first kappa shape index (κ1) is 61.2. The van der Waals surface area contributed by atoms with E-state index in [0.29, 0.717) is 0 Å². The van der Waals surface area contributed by atoms with Crippen LogP contribution in [0.4, 0.5) is 34.1 Å². The van der Waals surface area contributed by atoms with E-state index >= 15 is 0 Å². The van der Waals surface area contributed by atoms with Crippen molar-refractivity contribution in [3.05, 3.63) is 387 Å². The summed E-state index contributed by atoms with van der Waals surface area (Å²) in [5.41, 5.74) is 29.7. The molecule has 0 unspecified atom stereocenters. The molecule has 6 nitrogen and oxygen atoms in total. The Bertz CT molecular complexity index is 6720. The second-order valence-corrected chi connectivity index (χ2v) is 28.0. The van der Waals surface area contributed by atoms with Crippen molar-refractivity contribution in [3.63, 3.8) is 0 Å². The minimum Gasteiger partial charge on any atom is -0.456 e. The highest BCUT2D eigenvalue weighted by Gasteiger charge is 2.36. The zero-order valence-corrected chi connectivity index (χ0v) is 57.9. The van der Waals surface area contributed by atoms with Crippen molar-refractivity contribution in [2.45, 2.75) is 19.3 Å². The molecule has 4 heterocycles. The average Bonchev–Trinajstić information content (AvgIpc) is 1.62. The van der Waals surface area contributed by atoms with Gasteiger partial charge < -0.3 is 27.8 Å². The first-order valence-corrected chi connectivity index (χ1v) is 36.0. The molecule has 6 heteroatoms. The molecule has 16 aromatic carbocycles. The minimum absolute atomic E-state index is 0.0864. The van der Waals surface area contributed by atoms with Gasteiger partial charge in [0.25, 0.3) is 0 Å². The average molecular weight is 1350 g/mol. The molecular weight excluding hydrogens is 1280 g/mol. The second-order valence-electron chi connectivity index (χ2n) is 28.0. The molecule has 0 N–H and O–H groups in total. The summed E-state index contributed by atoms with van der Waals surface area (Å²) in [6, 6.07) is 135. The predicted octanol–water partition coefficient (Wildman–Crippen LogP) is 27.6. The van der Waals surface area contributed by atoms with Gasteiger partial charge in [-0.2, -0.15) is 0 Å². The lowest BCUT2D eigenvalue weighted by atomic mass is 9.82. The van der Waals surface area contributed by atoms with Gasteiger partial charge >= 0.3 is 0 Å². The molecule has 1 aliphatic carbocycles. The lowest BCUT2D eigenvalue weighted by Gasteiger charge is -2.28. The highest BCUT2D eigenvalue weighted by atomic mass is 16.3. The van der Waals surface area contributed by atoms with Gasteiger partial charge in [-0.05, 0) is 201 Å². The van der Waals surface area contributed by atoms with Gasteiger partial charge in [-0.15, -0.1) is 0 Å². The predicted molar refractivity (Wildman–Crippen MR) is 439 cm³/mol. The van der Waals surface area contributed by atoms with Crippen LogP contribution >= 0.6 is 0 Å². The van der Waals surface area contributed by atoms with Crippen LogP contribution < -0.4 is 9.80 Å². The summed E-state index contributed by atoms with van der Waals surface area (Å²) in [5, 5.41) is 9.47. The molecule has 0 amide bonds. The van der Waals surface area contributed by atoms with E-state index in [9.17, 15) is 0 Å². The summed E-state index contributed by atoms with van der Waals surface area (Å²) < 4.78 is 17.3. The monoisotopic (exact) mass is 1340 g/mol. The summed E-state index contributed by atoms with van der Waals surface area (Å²) in [6.07, 6.45) is 0. The SMILES string of the molecule is CC1(C)c2ccccc2-c2ccc(N(c3ccc(-c4ccccc4)cc3)c3ccc(-c4ccc5c(c4)c4ccccc4n5-c4ccccc4)cc3)cc21.c1ccc(N(c2ccc(-c3ccc4c(c3)c3ccccc3n4-c3ccc4c(c3)oc3ccccc34)cc2)c2ccc3c(c2)oc2ccccc23)cc1. The molecule has 0 spiro atoms. The van der Waals surface area contributed by atoms with E-state index in [1.165, 1.54) is 93.9 Å². The van der Waals surface area contributed by atoms with Gasteiger partial charge in [0.1, 0.15) is 22.3 Å². The number of nitrogens with zero attached hydrogens (tertiary/aromatic N) is 4. The Morgan fingerprint density at radius 1 is 0.219 bits per heavy atom. The lowest BCUT2D eigenvalue weighted by Crippen LogP contribution is -2.16. The molecule has 1 aliphatic rings. The van der Waals surface area contributed by atoms with Crippen molar-refractivity contribution in [2.75, 3.05) is 9.80 Å². The maximum absolute atomic E-state index is 6.29. The molecule has 20 aromatic rings. The molecule has 496 valence electrons. The first-order chi connectivity index (χ1) is 51.8. The van der Waals surface area contributed by atoms with Crippen molar-refractivity contribution < 1.29 is 8.83 Å². The molecule has 0 saturated carbocycles. The van der Waals surface area contributed by atoms with Crippen LogP contribution in [0.15, 0.2) is 385 Å². The number of benzene rings is 16. The summed E-state index contributed by atoms with van der Waals surface area (Å²) in [7, 11) is 0. The Morgan fingerprint density at radius 3 is 1.16 bits per heavy atom. The maximum Gasteiger partial charge on any atom is 0.137 e. The summed E-state index contributed by atoms with van der Waals surface area (Å²) >= 11 is 0. The number of para-hydroxylation sites is 6. The summed E-state index contributed by atoms with van der Waals surface area (Å²) in [5.74, 6) is 0. The standard InChI is InChI=1S/C51H38N2.C48H30N2O2/c1-51(2)47-19-11-9-17-43(47)44-31-30-42(34-48(44)51)52(40-26-21-36(22-27-40)35-13-5-3-6-14-35)41-28-23-37(24-29-41)38-25-32-50-46(33-38)45-18-10-12-20-49(45)53(50)39-15-7-4-8-16-39;1-2-10-33(11-3-1)49(35-23-25-40-38-13-5-8-16-45(38)51-47(40)29-35)34-21-18-31(19-22-34)32-20-27-44-42(28-32)37-12-4-7-15-43(37)50(44)36-24-26-41-39-14-6-9-17-46(39)52-48(41)30-36/h3-34H,1-2H3;1-30H. The van der Waals surface area contributed by atoms with Gasteiger partial charge in [0.15, 0.2) is 0 Å². The van der Waals surface area contributed by atoms with Crippen LogP contribution in [0.25, 0.3) is 143 Å². The van der Waals surface area contributed by atoms with Crippen LogP contribution in [0.2, 0.25) is 0 Å². The highest BCUT2D eigenvalue weighted by Crippen LogP contribution is 2.51. The molecule has 105 heavy (non-hydrogen) atoms. The van der Waals surface area contributed by atoms with Crippen LogP contribution in [-0.2, 0) is 5.41 Å². The number of hydrogen-bond acceptors (Lipinski definition) is 4. The Hall–Kier alpha value is -13.7. The van der Waals surface area contributed by atoms with Crippen LogP contribution in [0.1, 0.15) is 25.0 Å². The zero-order valence-electron chi connectivity index (χ0n) is 57.9. The fourth-order valence-electron chi connectivity index (χ4n) is 16.5. The highest BCUT2D eigenvalue weighted by molar-refractivity contribution is 6.13. The normalized spacial score (nSPS) is 12.4. The van der Waals surface area contributed by atoms with Crippen LogP contribution in [0.3, 0.4) is 0 Å². The van der Waals surface area contributed by atoms with Crippen molar-refractivity contribution in [1.29, 1.82) is 0 Å². The quantitative estimate of drug-likeness (QED) is 0.129. The van der Waals surface area contributed by atoms with E-state index in [-0.39, 0.29) is 5.41 Å². The van der Waals surface area contributed by atoms with Gasteiger partial charge in [-0.3, -0.25) is 0 Å². The third-order valence-electron chi connectivity index (χ3n) is 21.6. The summed E-state index contributed by atoms with van der Waals surface area (Å²) in [4.78, 5) is 4.68. The largest absolute Gasteiger partial charge is 0.456 e. The van der Waals surface area contributed by atoms with Crippen molar-refractivity contribution in [3.8, 4) is 55.9 Å².